The normalized spacial score (nSPS) is 30.8. The zero-order chi connectivity index (χ0) is 23.5. The summed E-state index contributed by atoms with van der Waals surface area (Å²) in [6, 6.07) is 7.72. The van der Waals surface area contributed by atoms with Crippen LogP contribution in [0.1, 0.15) is 69.4 Å². The molecule has 2 saturated carbocycles. The highest BCUT2D eigenvalue weighted by Crippen LogP contribution is 2.60. The molecule has 1 aromatic carbocycles. The number of hydrogen-bond acceptors (Lipinski definition) is 5. The lowest BCUT2D eigenvalue weighted by molar-refractivity contribution is -0.116. The van der Waals surface area contributed by atoms with Crippen molar-refractivity contribution in [2.75, 3.05) is 19.8 Å². The van der Waals surface area contributed by atoms with E-state index in [0.29, 0.717) is 38.3 Å². The monoisotopic (exact) mass is 463 g/mol. The molecule has 0 radical (unpaired) electrons. The van der Waals surface area contributed by atoms with Crippen molar-refractivity contribution in [1.82, 2.24) is 0 Å². The highest BCUT2D eigenvalue weighted by atomic mass is 16.5. The quantitative estimate of drug-likeness (QED) is 0.227. The third-order valence-corrected chi connectivity index (χ3v) is 8.81. The number of benzene rings is 1. The Morgan fingerprint density at radius 1 is 1.12 bits per heavy atom. The van der Waals surface area contributed by atoms with Gasteiger partial charge in [-0.1, -0.05) is 48.3 Å². The number of carbonyl (C=O) groups is 1. The van der Waals surface area contributed by atoms with E-state index in [1.54, 1.807) is 5.57 Å². The maximum atomic E-state index is 12.5. The van der Waals surface area contributed by atoms with Crippen LogP contribution in [0, 0.1) is 23.2 Å². The molecule has 0 heterocycles. The van der Waals surface area contributed by atoms with Crippen molar-refractivity contribution in [2.45, 2.75) is 64.9 Å². The summed E-state index contributed by atoms with van der Waals surface area (Å²) in [5.41, 5.74) is 6.94. The van der Waals surface area contributed by atoms with E-state index in [1.165, 1.54) is 55.9 Å². The summed E-state index contributed by atoms with van der Waals surface area (Å²) >= 11 is 0. The first-order valence-corrected chi connectivity index (χ1v) is 13.0. The molecule has 0 spiro atoms. The Morgan fingerprint density at radius 3 is 2.76 bits per heavy atom. The second kappa shape index (κ2) is 10.2. The lowest BCUT2D eigenvalue weighted by atomic mass is 9.57. The predicted molar refractivity (Wildman–Crippen MR) is 132 cm³/mol. The molecule has 1 aromatic rings. The van der Waals surface area contributed by atoms with Gasteiger partial charge in [0.2, 0.25) is 0 Å². The molecule has 5 nitrogen and oxygen atoms in total. The number of rotatable bonds is 8. The smallest absolute Gasteiger partial charge is 0.156 e. The van der Waals surface area contributed by atoms with Crippen molar-refractivity contribution >= 4 is 12.0 Å². The van der Waals surface area contributed by atoms with Crippen molar-refractivity contribution in [3.05, 3.63) is 58.2 Å². The van der Waals surface area contributed by atoms with Crippen LogP contribution >= 0.6 is 0 Å². The Kier molecular flexibility index (Phi) is 7.03. The van der Waals surface area contributed by atoms with Gasteiger partial charge in [0.15, 0.2) is 5.78 Å². The lowest BCUT2D eigenvalue weighted by Gasteiger charge is -2.48. The van der Waals surface area contributed by atoms with Crippen molar-refractivity contribution in [3.8, 4) is 0 Å². The van der Waals surface area contributed by atoms with E-state index < -0.39 is 0 Å². The van der Waals surface area contributed by atoms with Crippen LogP contribution in [0.4, 0.5) is 0 Å². The van der Waals surface area contributed by atoms with Crippen LogP contribution in [-0.4, -0.2) is 37.0 Å². The fourth-order valence-corrected chi connectivity index (χ4v) is 7.18. The van der Waals surface area contributed by atoms with E-state index in [2.05, 4.69) is 12.1 Å². The summed E-state index contributed by atoms with van der Waals surface area (Å²) in [6.45, 7) is 4.71. The number of fused-ring (bicyclic) bond motifs is 4. The minimum Gasteiger partial charge on any atom is -0.411 e. The molecule has 0 amide bonds. The third-order valence-electron chi connectivity index (χ3n) is 8.81. The molecule has 2 fully saturated rings. The minimum absolute atomic E-state index is 0.205. The van der Waals surface area contributed by atoms with E-state index >= 15 is 0 Å². The van der Waals surface area contributed by atoms with Crippen LogP contribution in [0.25, 0.3) is 0 Å². The van der Waals surface area contributed by atoms with Crippen LogP contribution < -0.4 is 0 Å². The highest BCUT2D eigenvalue weighted by Gasteiger charge is 2.49. The van der Waals surface area contributed by atoms with Gasteiger partial charge in [0.1, 0.15) is 0 Å². The molecule has 34 heavy (non-hydrogen) atoms. The number of ether oxygens (including phenoxy) is 2. The second-order valence-electron chi connectivity index (χ2n) is 10.9. The molecule has 5 rings (SSSR count). The third kappa shape index (κ3) is 4.78. The number of carbonyl (C=O) groups excluding carboxylic acids is 1. The zero-order valence-electron chi connectivity index (χ0n) is 20.3. The van der Waals surface area contributed by atoms with Crippen molar-refractivity contribution in [2.24, 2.45) is 28.3 Å². The number of hydrogen-bond donors (Lipinski definition) is 1. The van der Waals surface area contributed by atoms with Gasteiger partial charge < -0.3 is 14.7 Å². The fourth-order valence-electron chi connectivity index (χ4n) is 7.18. The van der Waals surface area contributed by atoms with Crippen LogP contribution in [0.15, 0.2) is 52.2 Å². The van der Waals surface area contributed by atoms with Gasteiger partial charge in [-0.3, -0.25) is 4.79 Å². The number of nitrogens with zero attached hydrogens (tertiary/aromatic N) is 1. The molecular weight excluding hydrogens is 426 g/mol. The Bertz CT molecular complexity index is 992. The fraction of sp³-hybridized carbons (Fsp3) is 0.586. The number of oxime groups is 1. The van der Waals surface area contributed by atoms with Gasteiger partial charge in [-0.05, 0) is 84.1 Å². The molecule has 1 N–H and O–H groups in total. The molecule has 0 bridgehead atoms. The molecule has 5 heteroatoms. The van der Waals surface area contributed by atoms with Gasteiger partial charge in [0, 0.05) is 12.3 Å². The SMILES string of the molecule is C[C@@]12CCC[C@H]1[C@@H]1CCC3=CC(=O)CC(COCCOCc4ccc(/C=N\O)cc4)C3=C1CC2. The molecule has 182 valence electrons. The molecule has 4 atom stereocenters. The first-order chi connectivity index (χ1) is 16.6. The standard InChI is InChI=1S/C29H37NO4/c1-29-11-2-3-27(29)25-9-8-22-15-24(31)16-23(28(22)26(25)10-12-29)19-34-14-13-33-18-21-6-4-20(5-7-21)17-30-32/h4-7,15,17,23,25,27,32H,2-3,8-14,16,18-19H2,1H3/b30-17-/t23?,25-,27+,29+/m1/s1. The summed E-state index contributed by atoms with van der Waals surface area (Å²) in [6.07, 6.45) is 12.9. The van der Waals surface area contributed by atoms with Crippen molar-refractivity contribution in [1.29, 1.82) is 0 Å². The zero-order valence-corrected chi connectivity index (χ0v) is 20.3. The van der Waals surface area contributed by atoms with Gasteiger partial charge in [0.05, 0.1) is 32.6 Å². The van der Waals surface area contributed by atoms with E-state index in [4.69, 9.17) is 14.7 Å². The summed E-state index contributed by atoms with van der Waals surface area (Å²) in [4.78, 5) is 12.5. The first-order valence-electron chi connectivity index (χ1n) is 13.0. The van der Waals surface area contributed by atoms with Gasteiger partial charge >= 0.3 is 0 Å². The van der Waals surface area contributed by atoms with Gasteiger partial charge in [-0.2, -0.15) is 0 Å². The average Bonchev–Trinajstić information content (AvgIpc) is 3.24. The van der Waals surface area contributed by atoms with Crippen LogP contribution in [0.3, 0.4) is 0 Å². The Morgan fingerprint density at radius 2 is 1.94 bits per heavy atom. The van der Waals surface area contributed by atoms with E-state index in [0.717, 1.165) is 29.4 Å². The van der Waals surface area contributed by atoms with Crippen LogP contribution in [0.5, 0.6) is 0 Å². The van der Waals surface area contributed by atoms with E-state index in [1.807, 2.05) is 30.3 Å². The summed E-state index contributed by atoms with van der Waals surface area (Å²) in [7, 11) is 0. The maximum absolute atomic E-state index is 12.5. The summed E-state index contributed by atoms with van der Waals surface area (Å²) in [5, 5.41) is 11.6. The van der Waals surface area contributed by atoms with Crippen LogP contribution in [0.2, 0.25) is 0 Å². The van der Waals surface area contributed by atoms with Crippen molar-refractivity contribution in [3.63, 3.8) is 0 Å². The lowest BCUT2D eigenvalue weighted by Crippen LogP contribution is -2.38. The maximum Gasteiger partial charge on any atom is 0.156 e. The molecule has 1 unspecified atom stereocenters. The average molecular weight is 464 g/mol. The second-order valence-corrected chi connectivity index (χ2v) is 10.9. The van der Waals surface area contributed by atoms with Crippen LogP contribution in [-0.2, 0) is 20.9 Å². The number of allylic oxidation sites excluding steroid dienone is 3. The molecule has 4 aliphatic rings. The molecule has 0 aromatic heterocycles. The Balaban J connectivity index is 1.16. The van der Waals surface area contributed by atoms with Gasteiger partial charge in [-0.25, -0.2) is 0 Å². The Labute approximate surface area is 202 Å². The first kappa shape index (κ1) is 23.5. The van der Waals surface area contributed by atoms with E-state index in [9.17, 15) is 4.79 Å². The van der Waals surface area contributed by atoms with E-state index in [-0.39, 0.29) is 11.7 Å². The Hall–Kier alpha value is -2.24. The van der Waals surface area contributed by atoms with Gasteiger partial charge in [-0.15, -0.1) is 0 Å². The summed E-state index contributed by atoms with van der Waals surface area (Å²) < 4.78 is 11.8. The van der Waals surface area contributed by atoms with Gasteiger partial charge in [0.25, 0.3) is 0 Å². The topological polar surface area (TPSA) is 68.1 Å². The molecule has 4 aliphatic carbocycles. The highest BCUT2D eigenvalue weighted by molar-refractivity contribution is 5.93. The molecule has 0 aliphatic heterocycles. The molecule has 0 saturated heterocycles. The molecular formula is C29H37NO4. The summed E-state index contributed by atoms with van der Waals surface area (Å²) in [5.74, 6) is 2.03. The predicted octanol–water partition coefficient (Wildman–Crippen LogP) is 5.85. The number of ketones is 1. The minimum atomic E-state index is 0.205. The largest absolute Gasteiger partial charge is 0.411 e. The van der Waals surface area contributed by atoms with Crippen molar-refractivity contribution < 1.29 is 19.5 Å².